The van der Waals surface area contributed by atoms with Gasteiger partial charge in [-0.3, -0.25) is 0 Å². The lowest BCUT2D eigenvalue weighted by molar-refractivity contribution is -0.103. The van der Waals surface area contributed by atoms with E-state index in [1.807, 2.05) is 0 Å². The Bertz CT molecular complexity index is 307. The van der Waals surface area contributed by atoms with Crippen LogP contribution in [-0.4, -0.2) is 32.0 Å². The Morgan fingerprint density at radius 3 is 2.88 bits per heavy atom. The summed E-state index contributed by atoms with van der Waals surface area (Å²) in [5.74, 6) is 0. The van der Waals surface area contributed by atoms with Crippen LogP contribution in [0.1, 0.15) is 18.4 Å². The molecule has 1 atom stereocenters. The lowest BCUT2D eigenvalue weighted by Crippen LogP contribution is -2.53. The monoisotopic (exact) mass is 241 g/mol. The van der Waals surface area contributed by atoms with E-state index in [9.17, 15) is 0 Å². The highest BCUT2D eigenvalue weighted by Crippen LogP contribution is 2.29. The molecule has 0 spiro atoms. The van der Waals surface area contributed by atoms with Gasteiger partial charge in [-0.1, -0.05) is 0 Å². The Kier molecular flexibility index (Phi) is 3.97. The van der Waals surface area contributed by atoms with Crippen LogP contribution < -0.4 is 5.73 Å². The van der Waals surface area contributed by atoms with Crippen molar-refractivity contribution < 1.29 is 9.47 Å². The lowest BCUT2D eigenvalue weighted by Gasteiger charge is -2.40. The van der Waals surface area contributed by atoms with Crippen LogP contribution >= 0.6 is 11.3 Å². The van der Waals surface area contributed by atoms with Crippen molar-refractivity contribution in [2.45, 2.75) is 30.9 Å². The van der Waals surface area contributed by atoms with Crippen LogP contribution in [0.3, 0.4) is 0 Å². The van der Waals surface area contributed by atoms with Crippen molar-refractivity contribution in [3.05, 3.63) is 22.4 Å². The molecule has 1 fully saturated rings. The van der Waals surface area contributed by atoms with Gasteiger partial charge in [-0.05, 0) is 28.8 Å². The van der Waals surface area contributed by atoms with Gasteiger partial charge in [-0.15, -0.1) is 0 Å². The molecule has 0 saturated carbocycles. The maximum atomic E-state index is 6.31. The van der Waals surface area contributed by atoms with Gasteiger partial charge < -0.3 is 15.2 Å². The predicted molar refractivity (Wildman–Crippen MR) is 65.8 cm³/mol. The molecule has 1 aromatic heterocycles. The Balaban J connectivity index is 2.02. The molecule has 2 N–H and O–H groups in total. The first-order valence-electron chi connectivity index (χ1n) is 5.66. The zero-order valence-corrected chi connectivity index (χ0v) is 10.5. The van der Waals surface area contributed by atoms with E-state index in [1.165, 1.54) is 5.56 Å². The fourth-order valence-corrected chi connectivity index (χ4v) is 2.97. The van der Waals surface area contributed by atoms with Crippen molar-refractivity contribution in [2.24, 2.45) is 5.73 Å². The van der Waals surface area contributed by atoms with E-state index in [-0.39, 0.29) is 11.6 Å². The molecule has 1 unspecified atom stereocenters. The smallest absolute Gasteiger partial charge is 0.0875 e. The minimum Gasteiger partial charge on any atom is -0.381 e. The number of thiophene rings is 1. The number of methoxy groups -OCH3 is 1. The zero-order valence-electron chi connectivity index (χ0n) is 9.65. The molecule has 1 aliphatic rings. The third-order valence-corrected chi connectivity index (χ3v) is 4.19. The summed E-state index contributed by atoms with van der Waals surface area (Å²) in [7, 11) is 1.76. The van der Waals surface area contributed by atoms with Gasteiger partial charge in [0.25, 0.3) is 0 Å². The zero-order chi connectivity index (χ0) is 11.4. The van der Waals surface area contributed by atoms with E-state index in [4.69, 9.17) is 15.2 Å². The number of hydrogen-bond donors (Lipinski definition) is 1. The number of hydrogen-bond acceptors (Lipinski definition) is 4. The first kappa shape index (κ1) is 12.0. The second kappa shape index (κ2) is 5.27. The average Bonchev–Trinajstić information content (AvgIpc) is 2.82. The van der Waals surface area contributed by atoms with Crippen molar-refractivity contribution >= 4 is 11.3 Å². The van der Waals surface area contributed by atoms with Gasteiger partial charge >= 0.3 is 0 Å². The van der Waals surface area contributed by atoms with Crippen LogP contribution in [0.2, 0.25) is 0 Å². The molecule has 2 rings (SSSR count). The van der Waals surface area contributed by atoms with Crippen LogP contribution in [0.15, 0.2) is 16.8 Å². The van der Waals surface area contributed by atoms with Crippen LogP contribution in [0.25, 0.3) is 0 Å². The molecule has 2 heterocycles. The van der Waals surface area contributed by atoms with Gasteiger partial charge in [-0.2, -0.15) is 11.3 Å². The summed E-state index contributed by atoms with van der Waals surface area (Å²) in [6.07, 6.45) is 2.68. The van der Waals surface area contributed by atoms with E-state index < -0.39 is 0 Å². The molecule has 16 heavy (non-hydrogen) atoms. The molecule has 90 valence electrons. The third kappa shape index (κ3) is 2.46. The highest BCUT2D eigenvalue weighted by Gasteiger charge is 2.38. The van der Waals surface area contributed by atoms with E-state index in [0.717, 1.165) is 32.5 Å². The first-order chi connectivity index (χ1) is 7.77. The Morgan fingerprint density at radius 1 is 1.56 bits per heavy atom. The maximum absolute atomic E-state index is 6.31. The third-order valence-electron chi connectivity index (χ3n) is 3.46. The van der Waals surface area contributed by atoms with Crippen LogP contribution in [0, 0.1) is 0 Å². The van der Waals surface area contributed by atoms with Crippen molar-refractivity contribution in [1.82, 2.24) is 0 Å². The second-order valence-electron chi connectivity index (χ2n) is 4.32. The van der Waals surface area contributed by atoms with E-state index in [1.54, 1.807) is 18.4 Å². The molecule has 4 heteroatoms. The summed E-state index contributed by atoms with van der Waals surface area (Å²) in [5, 5.41) is 4.24. The van der Waals surface area contributed by atoms with E-state index in [0.29, 0.717) is 0 Å². The van der Waals surface area contributed by atoms with Gasteiger partial charge in [0.1, 0.15) is 0 Å². The van der Waals surface area contributed by atoms with Gasteiger partial charge in [0, 0.05) is 39.2 Å². The van der Waals surface area contributed by atoms with Gasteiger partial charge in [0.15, 0.2) is 0 Å². The minimum absolute atomic E-state index is 0.0519. The molecular weight excluding hydrogens is 222 g/mol. The molecule has 1 saturated heterocycles. The quantitative estimate of drug-likeness (QED) is 0.874. The first-order valence-corrected chi connectivity index (χ1v) is 6.61. The van der Waals surface area contributed by atoms with Crippen LogP contribution in [-0.2, 0) is 15.9 Å². The lowest BCUT2D eigenvalue weighted by atomic mass is 9.83. The minimum atomic E-state index is -0.194. The summed E-state index contributed by atoms with van der Waals surface area (Å²) >= 11 is 1.71. The highest BCUT2D eigenvalue weighted by atomic mass is 32.1. The van der Waals surface area contributed by atoms with E-state index >= 15 is 0 Å². The topological polar surface area (TPSA) is 44.5 Å². The van der Waals surface area contributed by atoms with Gasteiger partial charge in [0.2, 0.25) is 0 Å². The fraction of sp³-hybridized carbons (Fsp3) is 0.667. The SMILES string of the molecule is COC1(C(N)Cc2ccsc2)CCOCC1. The summed E-state index contributed by atoms with van der Waals surface area (Å²) in [5.41, 5.74) is 7.42. The van der Waals surface area contributed by atoms with Crippen LogP contribution in [0.4, 0.5) is 0 Å². The molecule has 0 bridgehead atoms. The number of ether oxygens (including phenoxy) is 2. The largest absolute Gasteiger partial charge is 0.381 e. The van der Waals surface area contributed by atoms with Crippen LogP contribution in [0.5, 0.6) is 0 Å². The molecule has 1 aliphatic heterocycles. The van der Waals surface area contributed by atoms with Gasteiger partial charge in [0.05, 0.1) is 5.60 Å². The van der Waals surface area contributed by atoms with Crippen molar-refractivity contribution in [3.8, 4) is 0 Å². The molecule has 0 aromatic carbocycles. The summed E-state index contributed by atoms with van der Waals surface area (Å²) in [6.45, 7) is 1.51. The standard InChI is InChI=1S/C12H19NO2S/c1-14-12(3-5-15-6-4-12)11(13)8-10-2-7-16-9-10/h2,7,9,11H,3-6,8,13H2,1H3. The summed E-state index contributed by atoms with van der Waals surface area (Å²) in [4.78, 5) is 0. The molecule has 0 radical (unpaired) electrons. The summed E-state index contributed by atoms with van der Waals surface area (Å²) in [6, 6.07) is 2.18. The van der Waals surface area contributed by atoms with Crippen molar-refractivity contribution in [3.63, 3.8) is 0 Å². The van der Waals surface area contributed by atoms with Crippen molar-refractivity contribution in [2.75, 3.05) is 20.3 Å². The molecule has 0 aliphatic carbocycles. The normalized spacial score (nSPS) is 21.9. The molecule has 3 nitrogen and oxygen atoms in total. The van der Waals surface area contributed by atoms with Gasteiger partial charge in [-0.25, -0.2) is 0 Å². The molecule has 0 amide bonds. The Morgan fingerprint density at radius 2 is 2.31 bits per heavy atom. The second-order valence-corrected chi connectivity index (χ2v) is 5.10. The Labute approximate surface area is 101 Å². The Hall–Kier alpha value is -0.420. The maximum Gasteiger partial charge on any atom is 0.0875 e. The highest BCUT2D eigenvalue weighted by molar-refractivity contribution is 7.07. The molecular formula is C12H19NO2S. The number of nitrogens with two attached hydrogens (primary N) is 1. The molecule has 1 aromatic rings. The fourth-order valence-electron chi connectivity index (χ4n) is 2.29. The summed E-state index contributed by atoms with van der Waals surface area (Å²) < 4.78 is 11.1. The predicted octanol–water partition coefficient (Wildman–Crippen LogP) is 1.81. The number of rotatable bonds is 4. The van der Waals surface area contributed by atoms with E-state index in [2.05, 4.69) is 16.8 Å². The average molecular weight is 241 g/mol. The van der Waals surface area contributed by atoms with Crippen molar-refractivity contribution in [1.29, 1.82) is 0 Å².